The number of para-hydroxylation sites is 1. The summed E-state index contributed by atoms with van der Waals surface area (Å²) >= 11 is 0. The second kappa shape index (κ2) is 7.59. The summed E-state index contributed by atoms with van der Waals surface area (Å²) in [6.07, 6.45) is 0. The molecule has 0 radical (unpaired) electrons. The summed E-state index contributed by atoms with van der Waals surface area (Å²) in [4.78, 5) is 17.9. The van der Waals surface area contributed by atoms with E-state index >= 15 is 0 Å². The Morgan fingerprint density at radius 2 is 1.81 bits per heavy atom. The number of nitrogens with zero attached hydrogens (tertiary/aromatic N) is 3. The molecule has 158 valence electrons. The van der Waals surface area contributed by atoms with Gasteiger partial charge in [0, 0.05) is 23.5 Å². The third-order valence-electron chi connectivity index (χ3n) is 5.31. The number of carbonyl (C=O) groups is 1. The molecule has 1 aliphatic heterocycles. The Kier molecular flexibility index (Phi) is 4.74. The molecule has 0 fully saturated rings. The summed E-state index contributed by atoms with van der Waals surface area (Å²) in [5, 5.41) is 5.35. The smallest absolute Gasteiger partial charge is 0.270 e. The van der Waals surface area contributed by atoms with Crippen molar-refractivity contribution in [2.75, 3.05) is 11.3 Å². The minimum Gasteiger partial charge on any atom is -0.351 e. The number of aromatic amines is 1. The van der Waals surface area contributed by atoms with Crippen molar-refractivity contribution in [1.29, 1.82) is 0 Å². The van der Waals surface area contributed by atoms with Gasteiger partial charge in [-0.15, -0.1) is 0 Å². The molecule has 0 aliphatic carbocycles. The standard InChI is InChI=1S/C22H21N5O3S/c28-22(20-12-17-8-4-5-9-19(17)23-20)26-10-11-27-18(14-26)13-21(24-27)25-31(29,30)15-16-6-2-1-3-7-16/h1-9,12-13,23H,10-11,14-15H2,(H,24,25). The SMILES string of the molecule is O=C(c1cc2ccccc2[nH]1)N1CCn2nc(NS(=O)(=O)Cc3ccccc3)cc2C1. The van der Waals surface area contributed by atoms with E-state index in [9.17, 15) is 13.2 Å². The number of anilines is 1. The second-order valence-corrected chi connectivity index (χ2v) is 9.31. The van der Waals surface area contributed by atoms with Crippen LogP contribution in [0.4, 0.5) is 5.82 Å². The van der Waals surface area contributed by atoms with Crippen LogP contribution in [0.3, 0.4) is 0 Å². The number of fused-ring (bicyclic) bond motifs is 2. The highest BCUT2D eigenvalue weighted by molar-refractivity contribution is 7.91. The van der Waals surface area contributed by atoms with Crippen LogP contribution in [-0.2, 0) is 28.9 Å². The predicted molar refractivity (Wildman–Crippen MR) is 118 cm³/mol. The molecule has 0 atom stereocenters. The van der Waals surface area contributed by atoms with E-state index < -0.39 is 10.0 Å². The molecule has 4 aromatic rings. The Balaban J connectivity index is 1.30. The molecule has 0 saturated carbocycles. The fraction of sp³-hybridized carbons (Fsp3) is 0.182. The summed E-state index contributed by atoms with van der Waals surface area (Å²) in [5.41, 5.74) is 2.95. The second-order valence-electron chi connectivity index (χ2n) is 7.59. The van der Waals surface area contributed by atoms with Crippen molar-refractivity contribution in [2.24, 2.45) is 0 Å². The Morgan fingerprint density at radius 3 is 2.61 bits per heavy atom. The van der Waals surface area contributed by atoms with E-state index in [1.165, 1.54) is 0 Å². The van der Waals surface area contributed by atoms with E-state index in [0.717, 1.165) is 16.6 Å². The topological polar surface area (TPSA) is 100 Å². The first-order chi connectivity index (χ1) is 15.0. The van der Waals surface area contributed by atoms with Crippen LogP contribution in [-0.4, -0.2) is 40.5 Å². The highest BCUT2D eigenvalue weighted by atomic mass is 32.2. The molecule has 0 bridgehead atoms. The average molecular weight is 436 g/mol. The van der Waals surface area contributed by atoms with Crippen molar-refractivity contribution in [2.45, 2.75) is 18.8 Å². The van der Waals surface area contributed by atoms with Gasteiger partial charge in [-0.05, 0) is 17.7 Å². The number of hydrogen-bond acceptors (Lipinski definition) is 4. The van der Waals surface area contributed by atoms with Gasteiger partial charge in [0.05, 0.1) is 24.5 Å². The summed E-state index contributed by atoms with van der Waals surface area (Å²) in [5.74, 6) is 0.0572. The first-order valence-corrected chi connectivity index (χ1v) is 11.6. The van der Waals surface area contributed by atoms with Crippen molar-refractivity contribution < 1.29 is 13.2 Å². The van der Waals surface area contributed by atoms with E-state index in [1.54, 1.807) is 39.9 Å². The van der Waals surface area contributed by atoms with Crippen molar-refractivity contribution in [3.05, 3.63) is 83.7 Å². The summed E-state index contributed by atoms with van der Waals surface area (Å²) in [6, 6.07) is 20.3. The molecule has 0 saturated heterocycles. The molecule has 2 aromatic heterocycles. The number of hydrogen-bond donors (Lipinski definition) is 2. The van der Waals surface area contributed by atoms with Crippen LogP contribution in [0.15, 0.2) is 66.7 Å². The third-order valence-corrected chi connectivity index (χ3v) is 6.54. The van der Waals surface area contributed by atoms with E-state index in [0.29, 0.717) is 30.9 Å². The van der Waals surface area contributed by atoms with Gasteiger partial charge in [-0.3, -0.25) is 14.2 Å². The minimum absolute atomic E-state index is 0.0881. The number of sulfonamides is 1. The molecule has 8 nitrogen and oxygen atoms in total. The zero-order valence-corrected chi connectivity index (χ0v) is 17.5. The van der Waals surface area contributed by atoms with Crippen LogP contribution in [0.2, 0.25) is 0 Å². The molecule has 5 rings (SSSR count). The molecular weight excluding hydrogens is 414 g/mol. The zero-order chi connectivity index (χ0) is 21.4. The van der Waals surface area contributed by atoms with E-state index in [4.69, 9.17) is 0 Å². The first kappa shape index (κ1) is 19.4. The number of aromatic nitrogens is 3. The number of H-pyrrole nitrogens is 1. The number of amides is 1. The van der Waals surface area contributed by atoms with Crippen LogP contribution in [0.25, 0.3) is 10.9 Å². The molecule has 2 N–H and O–H groups in total. The number of nitrogens with one attached hydrogen (secondary N) is 2. The Labute approximate surface area is 179 Å². The van der Waals surface area contributed by atoms with Crippen molar-refractivity contribution in [3.63, 3.8) is 0 Å². The monoisotopic (exact) mass is 435 g/mol. The fourth-order valence-corrected chi connectivity index (χ4v) is 4.96. The largest absolute Gasteiger partial charge is 0.351 e. The van der Waals surface area contributed by atoms with Crippen molar-refractivity contribution >= 4 is 32.7 Å². The quantitative estimate of drug-likeness (QED) is 0.503. The summed E-state index contributed by atoms with van der Waals surface area (Å²) in [7, 11) is -3.59. The molecule has 0 unspecified atom stereocenters. The number of carbonyl (C=O) groups excluding carboxylic acids is 1. The maximum Gasteiger partial charge on any atom is 0.270 e. The van der Waals surface area contributed by atoms with E-state index in [1.807, 2.05) is 36.4 Å². The normalized spacial score (nSPS) is 13.9. The Morgan fingerprint density at radius 1 is 1.03 bits per heavy atom. The lowest BCUT2D eigenvalue weighted by Crippen LogP contribution is -2.38. The van der Waals surface area contributed by atoms with Gasteiger partial charge in [0.25, 0.3) is 5.91 Å². The molecule has 0 spiro atoms. The summed E-state index contributed by atoms with van der Waals surface area (Å²) < 4.78 is 29.3. The Hall–Kier alpha value is -3.59. The lowest BCUT2D eigenvalue weighted by molar-refractivity contribution is 0.0701. The highest BCUT2D eigenvalue weighted by Gasteiger charge is 2.25. The average Bonchev–Trinajstić information content (AvgIpc) is 3.35. The first-order valence-electron chi connectivity index (χ1n) is 9.95. The van der Waals surface area contributed by atoms with E-state index in [2.05, 4.69) is 14.8 Å². The maximum absolute atomic E-state index is 13.0. The van der Waals surface area contributed by atoms with Crippen molar-refractivity contribution in [3.8, 4) is 0 Å². The lowest BCUT2D eigenvalue weighted by Gasteiger charge is -2.27. The number of rotatable bonds is 5. The maximum atomic E-state index is 13.0. The third kappa shape index (κ3) is 4.04. The van der Waals surface area contributed by atoms with Crippen molar-refractivity contribution in [1.82, 2.24) is 19.7 Å². The van der Waals surface area contributed by atoms with Crippen LogP contribution < -0.4 is 4.72 Å². The lowest BCUT2D eigenvalue weighted by atomic mass is 10.2. The highest BCUT2D eigenvalue weighted by Crippen LogP contribution is 2.21. The Bertz CT molecular complexity index is 1330. The molecule has 3 heterocycles. The molecule has 1 amide bonds. The molecule has 9 heteroatoms. The molecule has 1 aliphatic rings. The zero-order valence-electron chi connectivity index (χ0n) is 16.7. The van der Waals surface area contributed by atoms with Gasteiger partial charge >= 0.3 is 0 Å². The van der Waals surface area contributed by atoms with Crippen LogP contribution >= 0.6 is 0 Å². The van der Waals surface area contributed by atoms with Gasteiger partial charge in [-0.25, -0.2) is 8.42 Å². The van der Waals surface area contributed by atoms with Crippen LogP contribution in [0.5, 0.6) is 0 Å². The van der Waals surface area contributed by atoms with Gasteiger partial charge in [-0.2, -0.15) is 5.10 Å². The fourth-order valence-electron chi connectivity index (χ4n) is 3.84. The number of benzene rings is 2. The van der Waals surface area contributed by atoms with Crippen LogP contribution in [0, 0.1) is 0 Å². The van der Waals surface area contributed by atoms with E-state index in [-0.39, 0.29) is 17.5 Å². The van der Waals surface area contributed by atoms with Gasteiger partial charge < -0.3 is 9.88 Å². The minimum atomic E-state index is -3.59. The van der Waals surface area contributed by atoms with Gasteiger partial charge in [0.2, 0.25) is 10.0 Å². The van der Waals surface area contributed by atoms with Gasteiger partial charge in [0.1, 0.15) is 5.69 Å². The van der Waals surface area contributed by atoms with Gasteiger partial charge in [-0.1, -0.05) is 48.5 Å². The van der Waals surface area contributed by atoms with Crippen LogP contribution in [0.1, 0.15) is 21.7 Å². The predicted octanol–water partition coefficient (Wildman–Crippen LogP) is 2.96. The molecule has 2 aromatic carbocycles. The summed E-state index contributed by atoms with van der Waals surface area (Å²) in [6.45, 7) is 1.36. The molecular formula is C22H21N5O3S. The van der Waals surface area contributed by atoms with Gasteiger partial charge in [0.15, 0.2) is 5.82 Å². The molecule has 31 heavy (non-hydrogen) atoms.